The number of benzene rings is 1. The number of aromatic nitrogens is 5. The van der Waals surface area contributed by atoms with Crippen LogP contribution in [0.1, 0.15) is 44.3 Å². The number of halogens is 3. The van der Waals surface area contributed by atoms with E-state index in [9.17, 15) is 9.18 Å². The second-order valence-corrected chi connectivity index (χ2v) is 10.8. The van der Waals surface area contributed by atoms with Crippen LogP contribution in [0.2, 0.25) is 10.3 Å². The molecule has 8 nitrogen and oxygen atoms in total. The van der Waals surface area contributed by atoms with Gasteiger partial charge in [-0.3, -0.25) is 9.20 Å². The molecule has 0 radical (unpaired) electrons. The number of para-hydroxylation sites is 1. The zero-order chi connectivity index (χ0) is 27.3. The maximum Gasteiger partial charge on any atom is 0.223 e. The first-order valence-corrected chi connectivity index (χ1v) is 13.6. The number of anilines is 2. The molecule has 0 aliphatic heterocycles. The number of imidazole rings is 1. The van der Waals surface area contributed by atoms with E-state index in [0.29, 0.717) is 12.4 Å². The van der Waals surface area contributed by atoms with Crippen molar-refractivity contribution in [2.45, 2.75) is 38.5 Å². The first kappa shape index (κ1) is 25.6. The number of nitrogens with two attached hydrogens (primary N) is 1. The molecule has 1 saturated carbocycles. The molecule has 4 aromatic heterocycles. The fraction of sp³-hybridized carbons (Fsp3) is 0.286. The largest absolute Gasteiger partial charge is 0.382 e. The Balaban J connectivity index is 1.25. The van der Waals surface area contributed by atoms with E-state index in [1.54, 1.807) is 6.20 Å². The van der Waals surface area contributed by atoms with Gasteiger partial charge in [0.15, 0.2) is 16.1 Å². The first-order chi connectivity index (χ1) is 18.8. The molecule has 200 valence electrons. The molecule has 0 spiro atoms. The standard InChI is InChI=1S/C28H26Cl2FN7O/c1-15(39)38(22-13-19(31)25(29)36-26(22)30)14-16-6-8-17(9-7-16)28-35-23(24-27(32)33-10-11-37(24)28)21-12-18-4-2-3-5-20(18)34-21/h2-5,10-13,16-17,34H,6-9,14H2,1H3,(H2,32,33). The SMILES string of the molecule is CC(=O)N(CC1CCC(c2nc(-c3cc4ccccc4[nH]3)c3c(N)nccn23)CC1)c1cc(F)c(Cl)nc1Cl. The zero-order valence-electron chi connectivity index (χ0n) is 21.2. The maximum absolute atomic E-state index is 14.1. The number of hydrogen-bond acceptors (Lipinski definition) is 5. The molecule has 1 fully saturated rings. The summed E-state index contributed by atoms with van der Waals surface area (Å²) in [5.41, 5.74) is 10.1. The molecule has 4 heterocycles. The maximum atomic E-state index is 14.1. The molecule has 5 aromatic rings. The van der Waals surface area contributed by atoms with Crippen LogP contribution in [0.15, 0.2) is 48.8 Å². The Hall–Kier alpha value is -3.69. The molecular weight excluding hydrogens is 540 g/mol. The van der Waals surface area contributed by atoms with Crippen molar-refractivity contribution in [1.82, 2.24) is 24.3 Å². The second-order valence-electron chi connectivity index (χ2n) is 10.0. The average molecular weight is 566 g/mol. The predicted octanol–water partition coefficient (Wildman–Crippen LogP) is 6.63. The highest BCUT2D eigenvalue weighted by Crippen LogP contribution is 2.40. The van der Waals surface area contributed by atoms with Crippen molar-refractivity contribution >= 4 is 57.0 Å². The quantitative estimate of drug-likeness (QED) is 0.233. The lowest BCUT2D eigenvalue weighted by atomic mass is 9.81. The molecule has 39 heavy (non-hydrogen) atoms. The van der Waals surface area contributed by atoms with Crippen molar-refractivity contribution in [2.75, 3.05) is 17.2 Å². The van der Waals surface area contributed by atoms with Gasteiger partial charge in [-0.15, -0.1) is 0 Å². The highest BCUT2D eigenvalue weighted by molar-refractivity contribution is 6.34. The van der Waals surface area contributed by atoms with Crippen molar-refractivity contribution in [2.24, 2.45) is 5.92 Å². The Bertz CT molecular complexity index is 1670. The van der Waals surface area contributed by atoms with E-state index in [1.807, 2.05) is 24.4 Å². The number of carbonyl (C=O) groups excluding carboxylic acids is 1. The van der Waals surface area contributed by atoms with Crippen LogP contribution >= 0.6 is 23.2 Å². The van der Waals surface area contributed by atoms with E-state index in [-0.39, 0.29) is 33.7 Å². The lowest BCUT2D eigenvalue weighted by Crippen LogP contribution is -2.35. The number of nitrogens with one attached hydrogen (secondary N) is 1. The number of fused-ring (bicyclic) bond motifs is 2. The van der Waals surface area contributed by atoms with Gasteiger partial charge >= 0.3 is 0 Å². The van der Waals surface area contributed by atoms with Crippen molar-refractivity contribution in [3.8, 4) is 11.4 Å². The molecule has 0 saturated heterocycles. The average Bonchev–Trinajstić information content (AvgIpc) is 3.52. The Labute approximate surface area is 234 Å². The summed E-state index contributed by atoms with van der Waals surface area (Å²) in [7, 11) is 0. The number of carbonyl (C=O) groups is 1. The number of nitrogen functional groups attached to an aromatic ring is 1. The molecule has 6 rings (SSSR count). The van der Waals surface area contributed by atoms with Crippen molar-refractivity contribution in [1.29, 1.82) is 0 Å². The summed E-state index contributed by atoms with van der Waals surface area (Å²) in [6, 6.07) is 11.4. The number of H-pyrrole nitrogens is 1. The van der Waals surface area contributed by atoms with Gasteiger partial charge in [-0.2, -0.15) is 0 Å². The van der Waals surface area contributed by atoms with Gasteiger partial charge in [0.2, 0.25) is 5.91 Å². The fourth-order valence-corrected chi connectivity index (χ4v) is 6.07. The molecule has 1 aromatic carbocycles. The number of pyridine rings is 1. The van der Waals surface area contributed by atoms with Crippen LogP contribution in [0.4, 0.5) is 15.9 Å². The summed E-state index contributed by atoms with van der Waals surface area (Å²) in [6.45, 7) is 1.86. The van der Waals surface area contributed by atoms with Gasteiger partial charge in [0.25, 0.3) is 0 Å². The number of amides is 1. The Morgan fingerprint density at radius 1 is 1.15 bits per heavy atom. The lowest BCUT2D eigenvalue weighted by Gasteiger charge is -2.32. The molecule has 3 N–H and O–H groups in total. The fourth-order valence-electron chi connectivity index (χ4n) is 5.65. The van der Waals surface area contributed by atoms with Crippen LogP contribution in [0.3, 0.4) is 0 Å². The summed E-state index contributed by atoms with van der Waals surface area (Å²) in [5.74, 6) is 0.853. The Morgan fingerprint density at radius 2 is 1.92 bits per heavy atom. The van der Waals surface area contributed by atoms with E-state index in [1.165, 1.54) is 17.9 Å². The van der Waals surface area contributed by atoms with Crippen LogP contribution in [0, 0.1) is 11.7 Å². The van der Waals surface area contributed by atoms with Crippen LogP contribution in [-0.2, 0) is 4.79 Å². The Morgan fingerprint density at radius 3 is 2.67 bits per heavy atom. The van der Waals surface area contributed by atoms with Gasteiger partial charge in [-0.05, 0) is 43.7 Å². The molecule has 0 bridgehead atoms. The third-order valence-electron chi connectivity index (χ3n) is 7.59. The molecular formula is C28H26Cl2FN7O. The molecule has 0 unspecified atom stereocenters. The topological polar surface area (TPSA) is 105 Å². The van der Waals surface area contributed by atoms with E-state index >= 15 is 0 Å². The highest BCUT2D eigenvalue weighted by atomic mass is 35.5. The van der Waals surface area contributed by atoms with Gasteiger partial charge in [-0.1, -0.05) is 41.4 Å². The smallest absolute Gasteiger partial charge is 0.223 e. The Kier molecular flexibility index (Phi) is 6.64. The van der Waals surface area contributed by atoms with Gasteiger partial charge in [0.05, 0.1) is 11.4 Å². The predicted molar refractivity (Wildman–Crippen MR) is 152 cm³/mol. The van der Waals surface area contributed by atoms with Crippen LogP contribution in [0.5, 0.6) is 0 Å². The summed E-state index contributed by atoms with van der Waals surface area (Å²) in [6.07, 6.45) is 7.10. The molecule has 1 amide bonds. The van der Waals surface area contributed by atoms with E-state index in [4.69, 9.17) is 33.9 Å². The number of aromatic amines is 1. The summed E-state index contributed by atoms with van der Waals surface area (Å²) in [4.78, 5) is 30.7. The van der Waals surface area contributed by atoms with Gasteiger partial charge < -0.3 is 15.6 Å². The van der Waals surface area contributed by atoms with Crippen LogP contribution in [-0.4, -0.2) is 36.8 Å². The highest BCUT2D eigenvalue weighted by Gasteiger charge is 2.30. The normalized spacial score (nSPS) is 17.6. The first-order valence-electron chi connectivity index (χ1n) is 12.8. The monoisotopic (exact) mass is 565 g/mol. The van der Waals surface area contributed by atoms with E-state index < -0.39 is 5.82 Å². The second kappa shape index (κ2) is 10.1. The molecule has 1 aliphatic carbocycles. The molecule has 0 atom stereocenters. The zero-order valence-corrected chi connectivity index (χ0v) is 22.7. The molecule has 11 heteroatoms. The molecule has 1 aliphatic rings. The van der Waals surface area contributed by atoms with E-state index in [0.717, 1.165) is 59.3 Å². The summed E-state index contributed by atoms with van der Waals surface area (Å²) in [5, 5.41) is 0.788. The van der Waals surface area contributed by atoms with Crippen molar-refractivity contribution in [3.63, 3.8) is 0 Å². The third-order valence-corrected chi connectivity index (χ3v) is 8.13. The minimum atomic E-state index is -0.711. The number of nitrogens with zero attached hydrogens (tertiary/aromatic N) is 5. The minimum absolute atomic E-state index is 0.00449. The van der Waals surface area contributed by atoms with Gasteiger partial charge in [0, 0.05) is 48.7 Å². The minimum Gasteiger partial charge on any atom is -0.382 e. The van der Waals surface area contributed by atoms with E-state index in [2.05, 4.69) is 31.5 Å². The number of hydrogen-bond donors (Lipinski definition) is 2. The van der Waals surface area contributed by atoms with Gasteiger partial charge in [0.1, 0.15) is 22.9 Å². The summed E-state index contributed by atoms with van der Waals surface area (Å²) >= 11 is 12.0. The van der Waals surface area contributed by atoms with Crippen molar-refractivity contribution in [3.05, 3.63) is 70.7 Å². The van der Waals surface area contributed by atoms with Crippen LogP contribution < -0.4 is 10.6 Å². The van der Waals surface area contributed by atoms with Gasteiger partial charge in [-0.25, -0.2) is 19.3 Å². The summed E-state index contributed by atoms with van der Waals surface area (Å²) < 4.78 is 16.2. The van der Waals surface area contributed by atoms with Crippen LogP contribution in [0.25, 0.3) is 27.8 Å². The third kappa shape index (κ3) is 4.70. The van der Waals surface area contributed by atoms with Crippen molar-refractivity contribution < 1.29 is 9.18 Å². The lowest BCUT2D eigenvalue weighted by molar-refractivity contribution is -0.116. The number of rotatable bonds is 5.